The summed E-state index contributed by atoms with van der Waals surface area (Å²) in [5, 5.41) is 0. The predicted molar refractivity (Wildman–Crippen MR) is 62.7 cm³/mol. The Bertz CT molecular complexity index is 257. The van der Waals surface area contributed by atoms with Crippen molar-refractivity contribution in [3.8, 4) is 0 Å². The summed E-state index contributed by atoms with van der Waals surface area (Å²) in [6, 6.07) is 4.42. The van der Waals surface area contributed by atoms with Crippen LogP contribution in [0.1, 0.15) is 29.1 Å². The van der Waals surface area contributed by atoms with Gasteiger partial charge in [-0.05, 0) is 25.0 Å². The van der Waals surface area contributed by atoms with Crippen molar-refractivity contribution in [3.05, 3.63) is 34.5 Å². The second kappa shape index (κ2) is 6.19. The topological polar surface area (TPSA) is 26.0 Å². The van der Waals surface area contributed by atoms with E-state index in [2.05, 4.69) is 25.6 Å². The van der Waals surface area contributed by atoms with Crippen molar-refractivity contribution < 1.29 is 0 Å². The van der Waals surface area contributed by atoms with Gasteiger partial charge in [0.05, 0.1) is 0 Å². The third-order valence-electron chi connectivity index (χ3n) is 1.82. The number of rotatable bonds is 4. The molecule has 0 bridgehead atoms. The van der Waals surface area contributed by atoms with Gasteiger partial charge in [-0.25, -0.2) is 0 Å². The third-order valence-corrected chi connectivity index (χ3v) is 3.18. The van der Waals surface area contributed by atoms with Gasteiger partial charge in [-0.3, -0.25) is 0 Å². The molecule has 1 rings (SSSR count). The molecule has 0 aliphatic heterocycles. The summed E-state index contributed by atoms with van der Waals surface area (Å²) in [5.41, 5.74) is 5.91. The standard InChI is InChI=1S/C10H15NS.ClH/c1-3-5-9(11)10-7-6-8(4-2)12-10;/h3,6-7,9H,1,4-5,11H2,2H3;1H/t9-;/m1./s1. The van der Waals surface area contributed by atoms with E-state index in [0.29, 0.717) is 0 Å². The highest BCUT2D eigenvalue weighted by atomic mass is 35.5. The van der Waals surface area contributed by atoms with Crippen molar-refractivity contribution in [1.29, 1.82) is 0 Å². The molecule has 0 radical (unpaired) electrons. The minimum atomic E-state index is 0. The Balaban J connectivity index is 0.00000144. The van der Waals surface area contributed by atoms with Gasteiger partial charge in [0.2, 0.25) is 0 Å². The molecule has 0 saturated carbocycles. The van der Waals surface area contributed by atoms with Gasteiger partial charge in [-0.2, -0.15) is 0 Å². The second-order valence-corrected chi connectivity index (χ2v) is 3.99. The van der Waals surface area contributed by atoms with E-state index in [-0.39, 0.29) is 18.4 Å². The highest BCUT2D eigenvalue weighted by Gasteiger charge is 2.05. The van der Waals surface area contributed by atoms with Gasteiger partial charge in [0, 0.05) is 15.8 Å². The number of aryl methyl sites for hydroxylation is 1. The van der Waals surface area contributed by atoms with Gasteiger partial charge in [0.25, 0.3) is 0 Å². The lowest BCUT2D eigenvalue weighted by atomic mass is 10.2. The predicted octanol–water partition coefficient (Wildman–Crippen LogP) is 3.31. The van der Waals surface area contributed by atoms with Crippen LogP contribution in [-0.2, 0) is 6.42 Å². The van der Waals surface area contributed by atoms with Crippen molar-refractivity contribution in [1.82, 2.24) is 0 Å². The number of halogens is 1. The van der Waals surface area contributed by atoms with Crippen LogP contribution >= 0.6 is 23.7 Å². The van der Waals surface area contributed by atoms with Crippen LogP contribution in [0.4, 0.5) is 0 Å². The molecule has 0 aliphatic carbocycles. The average molecular weight is 218 g/mol. The lowest BCUT2D eigenvalue weighted by molar-refractivity contribution is 0.758. The Morgan fingerprint density at radius 3 is 2.77 bits per heavy atom. The molecular weight excluding hydrogens is 202 g/mol. The molecule has 0 saturated heterocycles. The van der Waals surface area contributed by atoms with Crippen LogP contribution in [0.2, 0.25) is 0 Å². The van der Waals surface area contributed by atoms with Gasteiger partial charge in [0.1, 0.15) is 0 Å². The Morgan fingerprint density at radius 1 is 1.62 bits per heavy atom. The SMILES string of the molecule is C=CC[C@@H](N)c1ccc(CC)s1.Cl. The zero-order valence-electron chi connectivity index (χ0n) is 7.82. The molecule has 0 spiro atoms. The first-order chi connectivity index (χ1) is 5.77. The maximum atomic E-state index is 5.91. The molecule has 0 fully saturated rings. The molecule has 1 heterocycles. The van der Waals surface area contributed by atoms with Crippen molar-refractivity contribution in [2.75, 3.05) is 0 Å². The fourth-order valence-corrected chi connectivity index (χ4v) is 2.05. The molecule has 0 unspecified atom stereocenters. The lowest BCUT2D eigenvalue weighted by Gasteiger charge is -2.04. The minimum absolute atomic E-state index is 0. The number of nitrogens with two attached hydrogens (primary N) is 1. The molecule has 13 heavy (non-hydrogen) atoms. The van der Waals surface area contributed by atoms with Gasteiger partial charge in [-0.15, -0.1) is 30.3 Å². The van der Waals surface area contributed by atoms with E-state index in [1.165, 1.54) is 9.75 Å². The van der Waals surface area contributed by atoms with Crippen LogP contribution in [0.25, 0.3) is 0 Å². The van der Waals surface area contributed by atoms with Gasteiger partial charge < -0.3 is 5.73 Å². The number of hydrogen-bond donors (Lipinski definition) is 1. The van der Waals surface area contributed by atoms with Crippen LogP contribution in [0.5, 0.6) is 0 Å². The molecule has 1 aromatic heterocycles. The average Bonchev–Trinajstić information content (AvgIpc) is 2.52. The Labute approximate surface area is 90.1 Å². The summed E-state index contributed by atoms with van der Waals surface area (Å²) in [5.74, 6) is 0. The first-order valence-corrected chi connectivity index (χ1v) is 5.04. The zero-order chi connectivity index (χ0) is 8.97. The first-order valence-electron chi connectivity index (χ1n) is 4.23. The van der Waals surface area contributed by atoms with Crippen LogP contribution < -0.4 is 5.73 Å². The fourth-order valence-electron chi connectivity index (χ4n) is 1.08. The summed E-state index contributed by atoms with van der Waals surface area (Å²) in [6.45, 7) is 5.84. The largest absolute Gasteiger partial charge is 0.323 e. The lowest BCUT2D eigenvalue weighted by Crippen LogP contribution is -2.06. The van der Waals surface area contributed by atoms with Gasteiger partial charge in [0.15, 0.2) is 0 Å². The van der Waals surface area contributed by atoms with Crippen molar-refractivity contribution >= 4 is 23.7 Å². The highest BCUT2D eigenvalue weighted by molar-refractivity contribution is 7.12. The smallest absolute Gasteiger partial charge is 0.0424 e. The molecule has 1 nitrogen and oxygen atoms in total. The monoisotopic (exact) mass is 217 g/mol. The fraction of sp³-hybridized carbons (Fsp3) is 0.400. The Hall–Kier alpha value is -0.310. The van der Waals surface area contributed by atoms with E-state index in [9.17, 15) is 0 Å². The Morgan fingerprint density at radius 2 is 2.31 bits per heavy atom. The van der Waals surface area contributed by atoms with E-state index in [4.69, 9.17) is 5.73 Å². The number of thiophene rings is 1. The van der Waals surface area contributed by atoms with E-state index in [1.54, 1.807) is 0 Å². The zero-order valence-corrected chi connectivity index (χ0v) is 9.46. The maximum absolute atomic E-state index is 5.91. The van der Waals surface area contributed by atoms with E-state index in [1.807, 2.05) is 17.4 Å². The van der Waals surface area contributed by atoms with Gasteiger partial charge >= 0.3 is 0 Å². The molecule has 0 amide bonds. The minimum Gasteiger partial charge on any atom is -0.323 e. The molecule has 1 atom stereocenters. The van der Waals surface area contributed by atoms with Crippen molar-refractivity contribution in [3.63, 3.8) is 0 Å². The highest BCUT2D eigenvalue weighted by Crippen LogP contribution is 2.24. The van der Waals surface area contributed by atoms with Crippen LogP contribution in [-0.4, -0.2) is 0 Å². The Kier molecular flexibility index (Phi) is 6.04. The van der Waals surface area contributed by atoms with Crippen LogP contribution in [0, 0.1) is 0 Å². The van der Waals surface area contributed by atoms with Gasteiger partial charge in [-0.1, -0.05) is 13.0 Å². The summed E-state index contributed by atoms with van der Waals surface area (Å²) in [6.07, 6.45) is 3.84. The van der Waals surface area contributed by atoms with E-state index < -0.39 is 0 Å². The maximum Gasteiger partial charge on any atom is 0.0424 e. The molecule has 3 heteroatoms. The summed E-state index contributed by atoms with van der Waals surface area (Å²) < 4.78 is 0. The molecule has 2 N–H and O–H groups in total. The molecule has 0 aromatic carbocycles. The normalized spacial score (nSPS) is 11.8. The first kappa shape index (κ1) is 12.7. The van der Waals surface area contributed by atoms with Crippen LogP contribution in [0.15, 0.2) is 24.8 Å². The molecule has 0 aliphatic rings. The number of hydrogen-bond acceptors (Lipinski definition) is 2. The summed E-state index contributed by atoms with van der Waals surface area (Å²) in [7, 11) is 0. The second-order valence-electron chi connectivity index (χ2n) is 2.79. The molecule has 74 valence electrons. The summed E-state index contributed by atoms with van der Waals surface area (Å²) >= 11 is 1.81. The third kappa shape index (κ3) is 3.51. The molecular formula is C10H16ClNS. The van der Waals surface area contributed by atoms with Crippen LogP contribution in [0.3, 0.4) is 0 Å². The molecule has 1 aromatic rings. The van der Waals surface area contributed by atoms with Crippen molar-refractivity contribution in [2.45, 2.75) is 25.8 Å². The quantitative estimate of drug-likeness (QED) is 0.770. The van der Waals surface area contributed by atoms with E-state index in [0.717, 1.165) is 12.8 Å². The van der Waals surface area contributed by atoms with Crippen molar-refractivity contribution in [2.24, 2.45) is 5.73 Å². The van der Waals surface area contributed by atoms with E-state index >= 15 is 0 Å². The summed E-state index contributed by atoms with van der Waals surface area (Å²) in [4.78, 5) is 2.68.